The van der Waals surface area contributed by atoms with Crippen molar-refractivity contribution in [1.82, 2.24) is 9.97 Å². The molecule has 39 heavy (non-hydrogen) atoms. The predicted octanol–water partition coefficient (Wildman–Crippen LogP) is 7.40. The van der Waals surface area contributed by atoms with Gasteiger partial charge in [0.15, 0.2) is 5.82 Å². The summed E-state index contributed by atoms with van der Waals surface area (Å²) in [7, 11) is 0. The topological polar surface area (TPSA) is 93.6 Å². The van der Waals surface area contributed by atoms with Crippen LogP contribution in [0.4, 0.5) is 11.4 Å². The Hall–Kier alpha value is -4.88. The third kappa shape index (κ3) is 6.91. The van der Waals surface area contributed by atoms with Gasteiger partial charge in [0.1, 0.15) is 24.7 Å². The number of benzene rings is 4. The van der Waals surface area contributed by atoms with Crippen molar-refractivity contribution in [3.05, 3.63) is 131 Å². The van der Waals surface area contributed by atoms with Crippen molar-refractivity contribution in [3.63, 3.8) is 0 Å². The zero-order valence-electron chi connectivity index (χ0n) is 20.8. The molecule has 194 valence electrons. The van der Waals surface area contributed by atoms with Crippen LogP contribution in [0.15, 0.2) is 109 Å². The molecule has 1 heterocycles. The van der Waals surface area contributed by atoms with Gasteiger partial charge in [0, 0.05) is 34.2 Å². The molecule has 0 fully saturated rings. The maximum absolute atomic E-state index is 11.8. The second-order valence-corrected chi connectivity index (χ2v) is 9.09. The lowest BCUT2D eigenvalue weighted by atomic mass is 10.1. The van der Waals surface area contributed by atoms with Crippen LogP contribution in [-0.4, -0.2) is 21.0 Å². The van der Waals surface area contributed by atoms with Gasteiger partial charge in [-0.15, -0.1) is 0 Å². The summed E-state index contributed by atoms with van der Waals surface area (Å²) >= 11 is 6.05. The Balaban J connectivity index is 1.21. The van der Waals surface area contributed by atoms with Gasteiger partial charge in [0.25, 0.3) is 0 Å². The van der Waals surface area contributed by atoms with Gasteiger partial charge in [0.05, 0.1) is 11.3 Å². The molecule has 5 aromatic rings. The van der Waals surface area contributed by atoms with Crippen LogP contribution in [0.25, 0.3) is 11.4 Å². The van der Waals surface area contributed by atoms with Crippen LogP contribution in [0.3, 0.4) is 0 Å². The third-order valence-electron chi connectivity index (χ3n) is 5.77. The Bertz CT molecular complexity index is 1580. The first-order chi connectivity index (χ1) is 19.0. The Kier molecular flexibility index (Phi) is 8.00. The van der Waals surface area contributed by atoms with E-state index in [0.29, 0.717) is 34.6 Å². The summed E-state index contributed by atoms with van der Waals surface area (Å²) in [5.74, 6) is 0.629. The standard InChI is InChI=1S/C31H24ClN3O4/c32-24-8-4-6-21(14-24)19-38-26-11-5-7-23(15-26)30-33-17-22(18-34-30)20-39-27-12-13-29(28(16-27)31(36)37)35-25-9-2-1-3-10-25/h1-18,35H,19-20H2,(H,36,37). The van der Waals surface area contributed by atoms with Gasteiger partial charge in [-0.1, -0.05) is 54.1 Å². The number of halogens is 1. The molecule has 1 aromatic heterocycles. The number of carboxylic acids is 1. The molecule has 0 saturated heterocycles. The molecular weight excluding hydrogens is 514 g/mol. The number of hydrogen-bond acceptors (Lipinski definition) is 6. The lowest BCUT2D eigenvalue weighted by Crippen LogP contribution is -2.04. The number of anilines is 2. The van der Waals surface area contributed by atoms with Gasteiger partial charge in [0.2, 0.25) is 0 Å². The molecule has 0 amide bonds. The van der Waals surface area contributed by atoms with Crippen LogP contribution in [0.5, 0.6) is 11.5 Å². The molecule has 0 aliphatic heterocycles. The maximum Gasteiger partial charge on any atom is 0.337 e. The summed E-state index contributed by atoms with van der Waals surface area (Å²) in [6.45, 7) is 0.585. The highest BCUT2D eigenvalue weighted by Gasteiger charge is 2.13. The second kappa shape index (κ2) is 12.1. The number of aromatic nitrogens is 2. The minimum absolute atomic E-state index is 0.111. The lowest BCUT2D eigenvalue weighted by molar-refractivity contribution is 0.0697. The van der Waals surface area contributed by atoms with Gasteiger partial charge < -0.3 is 19.9 Å². The van der Waals surface area contributed by atoms with E-state index in [2.05, 4.69) is 15.3 Å². The van der Waals surface area contributed by atoms with Crippen molar-refractivity contribution < 1.29 is 19.4 Å². The minimum Gasteiger partial charge on any atom is -0.489 e. The van der Waals surface area contributed by atoms with Gasteiger partial charge in [-0.2, -0.15) is 0 Å². The molecule has 4 aromatic carbocycles. The first-order valence-corrected chi connectivity index (χ1v) is 12.5. The van der Waals surface area contributed by atoms with Crippen molar-refractivity contribution in [2.75, 3.05) is 5.32 Å². The zero-order valence-corrected chi connectivity index (χ0v) is 21.5. The van der Waals surface area contributed by atoms with Crippen LogP contribution in [-0.2, 0) is 13.2 Å². The van der Waals surface area contributed by atoms with E-state index in [1.807, 2.05) is 78.9 Å². The monoisotopic (exact) mass is 537 g/mol. The molecule has 0 saturated carbocycles. The van der Waals surface area contributed by atoms with E-state index in [1.54, 1.807) is 24.5 Å². The highest BCUT2D eigenvalue weighted by molar-refractivity contribution is 6.30. The highest BCUT2D eigenvalue weighted by Crippen LogP contribution is 2.27. The SMILES string of the molecule is O=C(O)c1cc(OCc2cnc(-c3cccc(OCc4cccc(Cl)c4)c3)nc2)ccc1Nc1ccccc1. The Morgan fingerprint density at radius 3 is 2.23 bits per heavy atom. The molecule has 5 rings (SSSR count). The average molecular weight is 538 g/mol. The zero-order chi connectivity index (χ0) is 27.0. The number of hydrogen-bond donors (Lipinski definition) is 2. The normalized spacial score (nSPS) is 10.6. The number of aromatic carboxylic acids is 1. The molecule has 0 radical (unpaired) electrons. The van der Waals surface area contributed by atoms with Crippen molar-refractivity contribution in [3.8, 4) is 22.9 Å². The molecular formula is C31H24ClN3O4. The summed E-state index contributed by atoms with van der Waals surface area (Å²) < 4.78 is 11.7. The molecule has 0 aliphatic rings. The van der Waals surface area contributed by atoms with Crippen LogP contribution >= 0.6 is 11.6 Å². The molecule has 0 aliphatic carbocycles. The molecule has 0 bridgehead atoms. The van der Waals surface area contributed by atoms with Crippen molar-refractivity contribution in [2.45, 2.75) is 13.2 Å². The van der Waals surface area contributed by atoms with Crippen LogP contribution in [0.2, 0.25) is 5.02 Å². The summed E-state index contributed by atoms with van der Waals surface area (Å²) in [6.07, 6.45) is 3.37. The molecule has 0 atom stereocenters. The molecule has 0 spiro atoms. The van der Waals surface area contributed by atoms with Gasteiger partial charge >= 0.3 is 5.97 Å². The van der Waals surface area contributed by atoms with Gasteiger partial charge in [-0.05, 0) is 60.2 Å². The Labute approximate surface area is 230 Å². The number of ether oxygens (including phenoxy) is 2. The summed E-state index contributed by atoms with van der Waals surface area (Å²) in [6, 6.07) is 29.4. The number of nitrogens with one attached hydrogen (secondary N) is 1. The van der Waals surface area contributed by atoms with Crippen LogP contribution < -0.4 is 14.8 Å². The fraction of sp³-hybridized carbons (Fsp3) is 0.0645. The average Bonchev–Trinajstić information content (AvgIpc) is 2.96. The van der Waals surface area contributed by atoms with E-state index in [0.717, 1.165) is 22.4 Å². The van der Waals surface area contributed by atoms with E-state index in [1.165, 1.54) is 6.07 Å². The number of carboxylic acid groups (broad SMARTS) is 1. The van der Waals surface area contributed by atoms with Crippen LogP contribution in [0.1, 0.15) is 21.5 Å². The summed E-state index contributed by atoms with van der Waals surface area (Å²) in [4.78, 5) is 20.8. The molecule has 2 N–H and O–H groups in total. The molecule has 8 heteroatoms. The van der Waals surface area contributed by atoms with E-state index in [9.17, 15) is 9.90 Å². The Morgan fingerprint density at radius 2 is 1.49 bits per heavy atom. The van der Waals surface area contributed by atoms with E-state index in [4.69, 9.17) is 21.1 Å². The second-order valence-electron chi connectivity index (χ2n) is 8.65. The quantitative estimate of drug-likeness (QED) is 0.192. The van der Waals surface area contributed by atoms with Crippen molar-refractivity contribution in [1.29, 1.82) is 0 Å². The smallest absolute Gasteiger partial charge is 0.337 e. The fourth-order valence-corrected chi connectivity index (χ4v) is 4.05. The number of carbonyl (C=O) groups is 1. The van der Waals surface area contributed by atoms with E-state index >= 15 is 0 Å². The van der Waals surface area contributed by atoms with Crippen molar-refractivity contribution >= 4 is 28.9 Å². The number of rotatable bonds is 10. The fourth-order valence-electron chi connectivity index (χ4n) is 3.84. The number of nitrogens with zero attached hydrogens (tertiary/aromatic N) is 2. The minimum atomic E-state index is -1.05. The number of para-hydroxylation sites is 1. The third-order valence-corrected chi connectivity index (χ3v) is 6.01. The van der Waals surface area contributed by atoms with Crippen LogP contribution in [0, 0.1) is 0 Å². The van der Waals surface area contributed by atoms with E-state index < -0.39 is 5.97 Å². The maximum atomic E-state index is 11.8. The first-order valence-electron chi connectivity index (χ1n) is 12.1. The predicted molar refractivity (Wildman–Crippen MR) is 151 cm³/mol. The van der Waals surface area contributed by atoms with E-state index in [-0.39, 0.29) is 12.2 Å². The highest BCUT2D eigenvalue weighted by atomic mass is 35.5. The molecule has 0 unspecified atom stereocenters. The molecule has 7 nitrogen and oxygen atoms in total. The van der Waals surface area contributed by atoms with Gasteiger partial charge in [-0.25, -0.2) is 14.8 Å². The first kappa shape index (κ1) is 25.8. The lowest BCUT2D eigenvalue weighted by Gasteiger charge is -2.12. The largest absolute Gasteiger partial charge is 0.489 e. The Morgan fingerprint density at radius 1 is 0.769 bits per heavy atom. The summed E-state index contributed by atoms with van der Waals surface area (Å²) in [5, 5.41) is 13.5. The van der Waals surface area contributed by atoms with Gasteiger partial charge in [-0.3, -0.25) is 0 Å². The van der Waals surface area contributed by atoms with Crippen molar-refractivity contribution in [2.24, 2.45) is 0 Å². The summed E-state index contributed by atoms with van der Waals surface area (Å²) in [5.41, 5.74) is 3.93.